The number of ether oxygens (including phenoxy) is 3. The topological polar surface area (TPSA) is 143 Å². The third kappa shape index (κ3) is 6.89. The van der Waals surface area contributed by atoms with Crippen molar-refractivity contribution in [2.75, 3.05) is 27.1 Å². The summed E-state index contributed by atoms with van der Waals surface area (Å²) in [6.07, 6.45) is 4.38. The monoisotopic (exact) mass is 574 g/mol. The Balaban J connectivity index is 1.51. The molecule has 0 saturated carbocycles. The van der Waals surface area contributed by atoms with Crippen molar-refractivity contribution >= 4 is 35.6 Å². The molecule has 4 aromatic rings. The van der Waals surface area contributed by atoms with Crippen molar-refractivity contribution < 1.29 is 23.9 Å². The lowest BCUT2D eigenvalue weighted by Gasteiger charge is -2.15. The van der Waals surface area contributed by atoms with Crippen molar-refractivity contribution in [2.24, 2.45) is 5.10 Å². The number of hydrogen-bond donors (Lipinski definition) is 1. The van der Waals surface area contributed by atoms with Gasteiger partial charge in [0.15, 0.2) is 22.5 Å². The Morgan fingerprint density at radius 2 is 1.71 bits per heavy atom. The average Bonchev–Trinajstić information content (AvgIpc) is 3.43. The van der Waals surface area contributed by atoms with Crippen LogP contribution in [-0.2, 0) is 4.79 Å². The fourth-order valence-electron chi connectivity index (χ4n) is 3.83. The molecule has 0 aliphatic carbocycles. The lowest BCUT2D eigenvalue weighted by Crippen LogP contribution is -2.19. The Kier molecular flexibility index (Phi) is 9.67. The molecule has 0 bridgehead atoms. The van der Waals surface area contributed by atoms with Crippen molar-refractivity contribution in [1.29, 1.82) is 0 Å². The van der Waals surface area contributed by atoms with Crippen molar-refractivity contribution in [3.63, 3.8) is 0 Å². The molecule has 0 spiro atoms. The van der Waals surface area contributed by atoms with Gasteiger partial charge in [0.05, 0.1) is 37.6 Å². The maximum absolute atomic E-state index is 12.5. The van der Waals surface area contributed by atoms with E-state index in [-0.39, 0.29) is 17.3 Å². The first kappa shape index (κ1) is 28.8. The Morgan fingerprint density at radius 1 is 1.02 bits per heavy atom. The smallest absolute Gasteiger partial charge is 0.276 e. The van der Waals surface area contributed by atoms with Gasteiger partial charge in [-0.1, -0.05) is 42.1 Å². The van der Waals surface area contributed by atoms with Gasteiger partial charge >= 0.3 is 0 Å². The van der Waals surface area contributed by atoms with E-state index in [2.05, 4.69) is 20.7 Å². The molecule has 0 atom stereocenters. The zero-order chi connectivity index (χ0) is 29.2. The number of carbonyl (C=O) groups excluding carboxylic acids is 1. The summed E-state index contributed by atoms with van der Waals surface area (Å²) < 4.78 is 18.3. The molecule has 1 aromatic heterocycles. The van der Waals surface area contributed by atoms with Gasteiger partial charge < -0.3 is 14.2 Å². The molecule has 0 fully saturated rings. The number of para-hydroxylation sites is 2. The Labute approximate surface area is 239 Å². The van der Waals surface area contributed by atoms with E-state index in [1.165, 1.54) is 57.5 Å². The minimum Gasteiger partial charge on any atom is -0.493 e. The van der Waals surface area contributed by atoms with Crippen LogP contribution in [0, 0.1) is 10.1 Å². The van der Waals surface area contributed by atoms with Crippen molar-refractivity contribution in [2.45, 2.75) is 5.16 Å². The molecular formula is C28H26N6O6S. The lowest BCUT2D eigenvalue weighted by molar-refractivity contribution is -0.385. The van der Waals surface area contributed by atoms with E-state index < -0.39 is 4.92 Å². The lowest BCUT2D eigenvalue weighted by atomic mass is 10.1. The molecule has 0 unspecified atom stereocenters. The standard InChI is InChI=1S/C28H26N6O6S/c1-38-23-16-20(17-24(39-2)26(23)40-3)27-31-32-28(33(27)21-12-5-4-6-13-21)41-18-25(35)30-29-15-9-11-19-10-7-8-14-22(19)34(36)37/h4-17H,18H2,1-3H3,(H,30,35)/b11-9+,29-15-. The molecule has 1 heterocycles. The van der Waals surface area contributed by atoms with Crippen LogP contribution in [-0.4, -0.2) is 58.9 Å². The zero-order valence-corrected chi connectivity index (χ0v) is 23.2. The van der Waals surface area contributed by atoms with Crippen LogP contribution >= 0.6 is 11.8 Å². The third-order valence-electron chi connectivity index (χ3n) is 5.66. The van der Waals surface area contributed by atoms with Crippen LogP contribution in [0.1, 0.15) is 5.56 Å². The Bertz CT molecular complexity index is 1560. The summed E-state index contributed by atoms with van der Waals surface area (Å²) in [6.45, 7) is 0. The van der Waals surface area contributed by atoms with E-state index in [1.807, 2.05) is 34.9 Å². The Hall–Kier alpha value is -5.17. The molecule has 3 aromatic carbocycles. The number of amides is 1. The van der Waals surface area contributed by atoms with Crippen molar-refractivity contribution in [1.82, 2.24) is 20.2 Å². The summed E-state index contributed by atoms with van der Waals surface area (Å²) in [6, 6.07) is 19.4. The van der Waals surface area contributed by atoms with Crippen molar-refractivity contribution in [3.8, 4) is 34.3 Å². The summed E-state index contributed by atoms with van der Waals surface area (Å²) in [7, 11) is 4.60. The van der Waals surface area contributed by atoms with E-state index in [0.717, 1.165) is 5.69 Å². The summed E-state index contributed by atoms with van der Waals surface area (Å²) in [5, 5.41) is 24.2. The number of hydrogen-bond acceptors (Lipinski definition) is 10. The van der Waals surface area contributed by atoms with Crippen LogP contribution in [0.3, 0.4) is 0 Å². The molecule has 1 amide bonds. The molecule has 210 valence electrons. The highest BCUT2D eigenvalue weighted by molar-refractivity contribution is 7.99. The molecule has 1 N–H and O–H groups in total. The molecule has 4 rings (SSSR count). The van der Waals surface area contributed by atoms with E-state index in [1.54, 1.807) is 30.3 Å². The predicted molar refractivity (Wildman–Crippen MR) is 156 cm³/mol. The molecule has 0 aliphatic rings. The van der Waals surface area contributed by atoms with Crippen LogP contribution in [0.25, 0.3) is 23.2 Å². The first-order chi connectivity index (χ1) is 20.0. The van der Waals surface area contributed by atoms with Gasteiger partial charge in [0, 0.05) is 23.5 Å². The van der Waals surface area contributed by atoms with Gasteiger partial charge in [0.25, 0.3) is 11.6 Å². The van der Waals surface area contributed by atoms with Crippen LogP contribution in [0.4, 0.5) is 5.69 Å². The minimum absolute atomic E-state index is 0.00539. The largest absolute Gasteiger partial charge is 0.493 e. The minimum atomic E-state index is -0.461. The number of carbonyl (C=O) groups is 1. The first-order valence-electron chi connectivity index (χ1n) is 12.1. The van der Waals surface area contributed by atoms with Crippen LogP contribution in [0.15, 0.2) is 83.1 Å². The third-order valence-corrected chi connectivity index (χ3v) is 6.59. The number of allylic oxidation sites excluding steroid dienone is 1. The maximum Gasteiger partial charge on any atom is 0.276 e. The van der Waals surface area contributed by atoms with Crippen LogP contribution in [0.2, 0.25) is 0 Å². The molecule has 0 aliphatic heterocycles. The highest BCUT2D eigenvalue weighted by atomic mass is 32.2. The van der Waals surface area contributed by atoms with Gasteiger partial charge in [-0.25, -0.2) is 5.43 Å². The summed E-state index contributed by atoms with van der Waals surface area (Å²) in [5.74, 6) is 1.52. The first-order valence-corrected chi connectivity index (χ1v) is 13.1. The summed E-state index contributed by atoms with van der Waals surface area (Å²) >= 11 is 1.18. The molecule has 0 saturated heterocycles. The number of aromatic nitrogens is 3. The quantitative estimate of drug-likeness (QED) is 0.109. The van der Waals surface area contributed by atoms with Gasteiger partial charge in [0.1, 0.15) is 0 Å². The Morgan fingerprint density at radius 3 is 2.37 bits per heavy atom. The second kappa shape index (κ2) is 13.8. The van der Waals surface area contributed by atoms with Gasteiger partial charge in [-0.2, -0.15) is 5.10 Å². The fourth-order valence-corrected chi connectivity index (χ4v) is 4.57. The second-order valence-corrected chi connectivity index (χ2v) is 9.11. The highest BCUT2D eigenvalue weighted by Gasteiger charge is 2.21. The van der Waals surface area contributed by atoms with Gasteiger partial charge in [-0.05, 0) is 42.5 Å². The number of hydrazone groups is 1. The van der Waals surface area contributed by atoms with E-state index >= 15 is 0 Å². The molecular weight excluding hydrogens is 548 g/mol. The molecule has 13 heteroatoms. The number of nitro groups is 1. The van der Waals surface area contributed by atoms with Gasteiger partial charge in [-0.15, -0.1) is 10.2 Å². The van der Waals surface area contributed by atoms with Crippen molar-refractivity contribution in [3.05, 3.63) is 88.5 Å². The molecule has 0 radical (unpaired) electrons. The van der Waals surface area contributed by atoms with E-state index in [4.69, 9.17) is 14.2 Å². The second-order valence-electron chi connectivity index (χ2n) is 8.17. The van der Waals surface area contributed by atoms with Crippen LogP contribution < -0.4 is 19.6 Å². The highest BCUT2D eigenvalue weighted by Crippen LogP contribution is 2.41. The van der Waals surface area contributed by atoms with Crippen LogP contribution in [0.5, 0.6) is 17.2 Å². The normalized spacial score (nSPS) is 11.1. The maximum atomic E-state index is 12.5. The number of rotatable bonds is 12. The predicted octanol–water partition coefficient (Wildman–Crippen LogP) is 4.78. The van der Waals surface area contributed by atoms with Gasteiger partial charge in [0.2, 0.25) is 5.75 Å². The zero-order valence-electron chi connectivity index (χ0n) is 22.4. The van der Waals surface area contributed by atoms with E-state index in [0.29, 0.717) is 39.4 Å². The SMILES string of the molecule is COc1cc(-c2nnc(SCC(=O)N/N=C\C=C\c3ccccc3[N+](=O)[O-])n2-c2ccccc2)cc(OC)c1OC. The summed E-state index contributed by atoms with van der Waals surface area (Å²) in [5.41, 5.74) is 4.30. The number of nitrogens with zero attached hydrogens (tertiary/aromatic N) is 5. The number of thioether (sulfide) groups is 1. The molecule has 12 nitrogen and oxygen atoms in total. The number of methoxy groups -OCH3 is 3. The number of benzene rings is 3. The summed E-state index contributed by atoms with van der Waals surface area (Å²) in [4.78, 5) is 23.2. The average molecular weight is 575 g/mol. The van der Waals surface area contributed by atoms with E-state index in [9.17, 15) is 14.9 Å². The number of nitrogens with one attached hydrogen (secondary N) is 1. The number of nitro benzene ring substituents is 1. The fraction of sp³-hybridized carbons (Fsp3) is 0.143. The van der Waals surface area contributed by atoms with Gasteiger partial charge in [-0.3, -0.25) is 19.5 Å². The molecule has 41 heavy (non-hydrogen) atoms.